The minimum atomic E-state index is -8.21. The topological polar surface area (TPSA) is 162 Å². The van der Waals surface area contributed by atoms with Gasteiger partial charge in [-0.1, -0.05) is 0 Å². The summed E-state index contributed by atoms with van der Waals surface area (Å²) in [5.41, 5.74) is -3.53. The first kappa shape index (κ1) is 27.3. The van der Waals surface area contributed by atoms with Crippen LogP contribution in [0.3, 0.4) is 0 Å². The van der Waals surface area contributed by atoms with E-state index in [0.717, 1.165) is 0 Å². The number of rotatable bonds is 4. The van der Waals surface area contributed by atoms with Gasteiger partial charge in [0.25, 0.3) is 0 Å². The summed E-state index contributed by atoms with van der Waals surface area (Å²) in [5, 5.41) is 38.0. The Morgan fingerprint density at radius 2 is 1.00 bits per heavy atom. The fourth-order valence-electron chi connectivity index (χ4n) is 6.32. The molecule has 209 valence electrons. The van der Waals surface area contributed by atoms with Gasteiger partial charge in [0.2, 0.25) is 0 Å². The van der Waals surface area contributed by atoms with Crippen molar-refractivity contribution >= 4 is 29.2 Å². The van der Waals surface area contributed by atoms with Crippen LogP contribution < -0.4 is 0 Å². The molecule has 4 aromatic carbocycles. The summed E-state index contributed by atoms with van der Waals surface area (Å²) in [4.78, 5) is -6.10. The molecule has 2 aliphatic rings. The van der Waals surface area contributed by atoms with Gasteiger partial charge in [0.15, 0.2) is 0 Å². The second kappa shape index (κ2) is 8.13. The summed E-state index contributed by atoms with van der Waals surface area (Å²) in [6.45, 7) is 0. The SMILES string of the molecule is O[Se]1C(c2ccccc2)C(c2ccccc2)=C2C1(O)C(O)(c1ccccc1)C(O)(c1ccccc1)S2(O)(O)(O)O. The zero-order chi connectivity index (χ0) is 28.7. The molecule has 0 bridgehead atoms. The maximum absolute atomic E-state index is 12.8. The van der Waals surface area contributed by atoms with E-state index in [1.54, 1.807) is 72.8 Å². The summed E-state index contributed by atoms with van der Waals surface area (Å²) >= 11 is -3.86. The van der Waals surface area contributed by atoms with Gasteiger partial charge in [0.1, 0.15) is 0 Å². The van der Waals surface area contributed by atoms with Crippen molar-refractivity contribution in [2.45, 2.75) is 19.8 Å². The Kier molecular flexibility index (Phi) is 5.56. The third-order valence-electron chi connectivity index (χ3n) is 8.01. The van der Waals surface area contributed by atoms with Crippen molar-refractivity contribution in [3.05, 3.63) is 148 Å². The molecule has 0 saturated carbocycles. The van der Waals surface area contributed by atoms with E-state index in [-0.39, 0.29) is 16.7 Å². The van der Waals surface area contributed by atoms with Crippen LogP contribution in [-0.4, -0.2) is 56.4 Å². The zero-order valence-corrected chi connectivity index (χ0v) is 23.5. The molecule has 1 fully saturated rings. The molecule has 0 amide bonds. The first-order valence-electron chi connectivity index (χ1n) is 12.4. The number of allylic oxidation sites excluding steroid dienone is 1. The van der Waals surface area contributed by atoms with Gasteiger partial charge in [-0.2, -0.15) is 0 Å². The molecular weight excluding hydrogens is 599 g/mol. The van der Waals surface area contributed by atoms with Crippen molar-refractivity contribution in [1.82, 2.24) is 0 Å². The van der Waals surface area contributed by atoms with Gasteiger partial charge in [0.05, 0.1) is 0 Å². The van der Waals surface area contributed by atoms with Gasteiger partial charge < -0.3 is 0 Å². The molecule has 2 aliphatic heterocycles. The van der Waals surface area contributed by atoms with Crippen LogP contribution in [0.15, 0.2) is 126 Å². The molecule has 10 heteroatoms. The maximum atomic E-state index is 12.8. The summed E-state index contributed by atoms with van der Waals surface area (Å²) in [7, 11) is -8.21. The molecule has 8 nitrogen and oxygen atoms in total. The molecule has 8 N–H and O–H groups in total. The van der Waals surface area contributed by atoms with Crippen molar-refractivity contribution < 1.29 is 37.7 Å². The van der Waals surface area contributed by atoms with Crippen LogP contribution in [0.5, 0.6) is 0 Å². The molecule has 4 aromatic rings. The fourth-order valence-corrected chi connectivity index (χ4v) is 16.1. The van der Waals surface area contributed by atoms with Crippen molar-refractivity contribution in [2.24, 2.45) is 0 Å². The number of hydrogen-bond acceptors (Lipinski definition) is 8. The van der Waals surface area contributed by atoms with E-state index < -0.39 is 54.0 Å². The van der Waals surface area contributed by atoms with Gasteiger partial charge in [-0.05, 0) is 0 Å². The molecule has 0 aliphatic carbocycles. The second-order valence-corrected chi connectivity index (χ2v) is 17.5. The Labute approximate surface area is 234 Å². The number of aliphatic hydroxyl groups is 3. The molecule has 2 heterocycles. The summed E-state index contributed by atoms with van der Waals surface area (Å²) in [6, 6.07) is 30.3. The quantitative estimate of drug-likeness (QED) is 0.153. The van der Waals surface area contributed by atoms with Crippen molar-refractivity contribution in [2.75, 3.05) is 0 Å². The van der Waals surface area contributed by atoms with Crippen LogP contribution in [-0.2, 0) is 10.5 Å². The molecule has 40 heavy (non-hydrogen) atoms. The molecule has 4 unspecified atom stereocenters. The van der Waals surface area contributed by atoms with Gasteiger partial charge >= 0.3 is 235 Å². The number of benzene rings is 4. The van der Waals surface area contributed by atoms with Gasteiger partial charge in [-0.15, -0.1) is 0 Å². The van der Waals surface area contributed by atoms with Crippen molar-refractivity contribution in [1.29, 1.82) is 0 Å². The van der Waals surface area contributed by atoms with Gasteiger partial charge in [0, 0.05) is 0 Å². The molecule has 0 spiro atoms. The Bertz CT molecular complexity index is 1630. The predicted octanol–water partition coefficient (Wildman–Crippen LogP) is 4.50. The predicted molar refractivity (Wildman–Crippen MR) is 154 cm³/mol. The average molecular weight is 629 g/mol. The average Bonchev–Trinajstić information content (AvgIpc) is 3.26. The number of hydrogen-bond donors (Lipinski definition) is 8. The molecule has 1 radical (unpaired) electrons. The van der Waals surface area contributed by atoms with E-state index in [1.165, 1.54) is 48.5 Å². The first-order chi connectivity index (χ1) is 18.7. The van der Waals surface area contributed by atoms with Crippen LogP contribution >= 0.6 is 9.42 Å². The van der Waals surface area contributed by atoms with E-state index in [1.807, 2.05) is 0 Å². The Morgan fingerprint density at radius 1 is 0.575 bits per heavy atom. The number of fused-ring (bicyclic) bond motifs is 1. The summed E-state index contributed by atoms with van der Waals surface area (Å²) < 4.78 is 57.9. The van der Waals surface area contributed by atoms with E-state index in [9.17, 15) is 37.7 Å². The minimum absolute atomic E-state index is 0.195. The van der Waals surface area contributed by atoms with Gasteiger partial charge in [-0.3, -0.25) is 0 Å². The second-order valence-electron chi connectivity index (χ2n) is 10.3. The Morgan fingerprint density at radius 3 is 1.50 bits per heavy atom. The van der Waals surface area contributed by atoms with E-state index >= 15 is 0 Å². The zero-order valence-electron chi connectivity index (χ0n) is 21.0. The van der Waals surface area contributed by atoms with Crippen molar-refractivity contribution in [3.8, 4) is 0 Å². The van der Waals surface area contributed by atoms with Crippen molar-refractivity contribution in [3.63, 3.8) is 0 Å². The molecular formula is C30H29O8SSe. The normalized spacial score (nSPS) is 33.9. The monoisotopic (exact) mass is 629 g/mol. The Balaban J connectivity index is 1.87. The first-order valence-corrected chi connectivity index (χ1v) is 17.3. The molecule has 4 atom stereocenters. The van der Waals surface area contributed by atoms with E-state index in [2.05, 4.69) is 0 Å². The van der Waals surface area contributed by atoms with Crippen LogP contribution in [0.1, 0.15) is 27.1 Å². The molecule has 1 saturated heterocycles. The van der Waals surface area contributed by atoms with Crippen LogP contribution in [0.25, 0.3) is 5.57 Å². The third kappa shape index (κ3) is 3.04. The third-order valence-corrected chi connectivity index (χ3v) is 16.0. The fraction of sp³-hybridized carbons (Fsp3) is 0.133. The Hall–Kier alpha value is -2.83. The van der Waals surface area contributed by atoms with E-state index in [0.29, 0.717) is 5.56 Å². The summed E-state index contributed by atoms with van der Waals surface area (Å²) in [5.74, 6) is 0. The van der Waals surface area contributed by atoms with Crippen LogP contribution in [0, 0.1) is 0 Å². The van der Waals surface area contributed by atoms with Gasteiger partial charge in [-0.25, -0.2) is 0 Å². The van der Waals surface area contributed by atoms with Crippen LogP contribution in [0.2, 0.25) is 0 Å². The standard InChI is InChI=1S/C30H29O8SSe/c31-28(23-17-9-3-10-18-23)29(32,24-19-11-4-12-20-24)39(34,35,36,37)27-25(21-13-5-1-6-14-21)26(40(38)30(27,28)33)22-15-7-2-8-16-22/h1-20,26,31-38H. The van der Waals surface area contributed by atoms with Crippen LogP contribution in [0.4, 0.5) is 0 Å². The molecule has 0 aromatic heterocycles. The molecule has 6 rings (SSSR count). The van der Waals surface area contributed by atoms with E-state index in [4.69, 9.17) is 0 Å². The summed E-state index contributed by atoms with van der Waals surface area (Å²) in [6.07, 6.45) is 0.